The molecule has 5 heteroatoms. The van der Waals surface area contributed by atoms with Crippen LogP contribution in [0.2, 0.25) is 0 Å². The van der Waals surface area contributed by atoms with Crippen LogP contribution in [0, 0.1) is 0 Å². The van der Waals surface area contributed by atoms with E-state index in [4.69, 9.17) is 0 Å². The van der Waals surface area contributed by atoms with E-state index in [0.29, 0.717) is 0 Å². The lowest BCUT2D eigenvalue weighted by Crippen LogP contribution is -2.63. The molecule has 0 atom stereocenters. The second kappa shape index (κ2) is 9.29. The lowest BCUT2D eigenvalue weighted by molar-refractivity contribution is 0.645. The monoisotopic (exact) mass is 566 g/mol. The number of anilines is 3. The highest BCUT2D eigenvalue weighted by Crippen LogP contribution is 2.45. The van der Waals surface area contributed by atoms with Crippen molar-refractivity contribution >= 4 is 40.6 Å². The standard InChI is InChI=1S/C39H31BN4/c1-39(2)31-21-12-13-22-33(31)40-34-24-26-42(29-17-8-4-9-18-29)37(34)44(35-23-14-25-41(35)28-15-6-3-7-16-28)38-36(40)32(39)27-43(38)30-19-10-5-11-20-30/h3-27H,1-2H3. The van der Waals surface area contributed by atoms with Crippen molar-refractivity contribution in [1.82, 2.24) is 13.7 Å². The van der Waals surface area contributed by atoms with Gasteiger partial charge in [0.15, 0.2) is 0 Å². The van der Waals surface area contributed by atoms with E-state index in [1.54, 1.807) is 0 Å². The molecule has 2 aliphatic heterocycles. The maximum absolute atomic E-state index is 2.50. The smallest absolute Gasteiger partial charge is 0.251 e. The third kappa shape index (κ3) is 3.41. The molecule has 2 aliphatic rings. The first-order chi connectivity index (χ1) is 21.6. The van der Waals surface area contributed by atoms with Crippen molar-refractivity contribution in [2.75, 3.05) is 4.90 Å². The quantitative estimate of drug-likeness (QED) is 0.210. The zero-order valence-electron chi connectivity index (χ0n) is 24.8. The first kappa shape index (κ1) is 25.1. The lowest BCUT2D eigenvalue weighted by atomic mass is 9.31. The van der Waals surface area contributed by atoms with Crippen LogP contribution < -0.4 is 21.3 Å². The van der Waals surface area contributed by atoms with Crippen molar-refractivity contribution in [1.29, 1.82) is 0 Å². The van der Waals surface area contributed by atoms with Gasteiger partial charge in [-0.25, -0.2) is 0 Å². The number of benzene rings is 4. The van der Waals surface area contributed by atoms with E-state index in [0.717, 1.165) is 22.9 Å². The van der Waals surface area contributed by atoms with Crippen LogP contribution in [0.5, 0.6) is 0 Å². The van der Waals surface area contributed by atoms with Gasteiger partial charge in [-0.15, -0.1) is 0 Å². The fourth-order valence-electron chi connectivity index (χ4n) is 7.62. The van der Waals surface area contributed by atoms with Gasteiger partial charge in [-0.05, 0) is 76.6 Å². The highest BCUT2D eigenvalue weighted by Gasteiger charge is 2.49. The average Bonchev–Trinajstić information content (AvgIpc) is 3.83. The Morgan fingerprint density at radius 3 is 1.75 bits per heavy atom. The molecule has 4 aromatic carbocycles. The van der Waals surface area contributed by atoms with E-state index in [1.807, 2.05) is 0 Å². The third-order valence-corrected chi connectivity index (χ3v) is 9.61. The molecule has 0 aliphatic carbocycles. The molecule has 3 aromatic heterocycles. The summed E-state index contributed by atoms with van der Waals surface area (Å²) >= 11 is 0. The number of aromatic nitrogens is 3. The van der Waals surface area contributed by atoms with Crippen LogP contribution in [0.25, 0.3) is 17.1 Å². The maximum Gasteiger partial charge on any atom is 0.251 e. The SMILES string of the molecule is CC1(C)c2ccccc2B2c3ccn(-c4ccccc4)c3N(c3cccn3-c3ccccc3)c3c2c1cn3-c1ccccc1. The zero-order chi connectivity index (χ0) is 29.4. The summed E-state index contributed by atoms with van der Waals surface area (Å²) in [5.74, 6) is 3.46. The Morgan fingerprint density at radius 1 is 0.477 bits per heavy atom. The predicted molar refractivity (Wildman–Crippen MR) is 182 cm³/mol. The van der Waals surface area contributed by atoms with Crippen molar-refractivity contribution in [2.45, 2.75) is 19.3 Å². The summed E-state index contributed by atoms with van der Waals surface area (Å²) in [6.45, 7) is 4.88. The molecule has 0 fully saturated rings. The molecule has 0 radical (unpaired) electrons. The molecule has 0 bridgehead atoms. The number of nitrogens with zero attached hydrogens (tertiary/aromatic N) is 4. The molecule has 0 N–H and O–H groups in total. The second-order valence-electron chi connectivity index (χ2n) is 12.3. The van der Waals surface area contributed by atoms with Gasteiger partial charge in [-0.3, -0.25) is 4.90 Å². The van der Waals surface area contributed by atoms with E-state index in [9.17, 15) is 0 Å². The summed E-state index contributed by atoms with van der Waals surface area (Å²) in [7, 11) is 0. The molecular weight excluding hydrogens is 535 g/mol. The van der Waals surface area contributed by atoms with Crippen molar-refractivity contribution in [3.8, 4) is 17.1 Å². The van der Waals surface area contributed by atoms with E-state index < -0.39 is 0 Å². The number of para-hydroxylation sites is 3. The minimum Gasteiger partial charge on any atom is -0.303 e. The van der Waals surface area contributed by atoms with Crippen LogP contribution in [-0.4, -0.2) is 20.4 Å². The summed E-state index contributed by atoms with van der Waals surface area (Å²) in [4.78, 5) is 2.50. The van der Waals surface area contributed by atoms with Gasteiger partial charge in [0.2, 0.25) is 0 Å². The van der Waals surface area contributed by atoms with Gasteiger partial charge in [0.25, 0.3) is 6.71 Å². The van der Waals surface area contributed by atoms with Crippen molar-refractivity contribution < 1.29 is 0 Å². The molecule has 0 spiro atoms. The minimum atomic E-state index is -0.163. The normalized spacial score (nSPS) is 14.2. The predicted octanol–water partition coefficient (Wildman–Crippen LogP) is 7.00. The molecule has 210 valence electrons. The Hall–Kier alpha value is -5.42. The van der Waals surface area contributed by atoms with Gasteiger partial charge in [-0.1, -0.05) is 98.2 Å². The van der Waals surface area contributed by atoms with Gasteiger partial charge in [0.05, 0.1) is 0 Å². The topological polar surface area (TPSA) is 18.0 Å². The highest BCUT2D eigenvalue weighted by atomic mass is 15.4. The summed E-state index contributed by atoms with van der Waals surface area (Å²) in [6.07, 6.45) is 6.84. The average molecular weight is 567 g/mol. The molecule has 4 nitrogen and oxygen atoms in total. The minimum absolute atomic E-state index is 0.116. The van der Waals surface area contributed by atoms with Gasteiger partial charge in [-0.2, -0.15) is 0 Å². The van der Waals surface area contributed by atoms with Crippen LogP contribution >= 0.6 is 0 Å². The van der Waals surface area contributed by atoms with Crippen LogP contribution in [0.15, 0.2) is 152 Å². The van der Waals surface area contributed by atoms with Crippen molar-refractivity contribution in [2.24, 2.45) is 0 Å². The van der Waals surface area contributed by atoms with Crippen LogP contribution in [-0.2, 0) is 5.41 Å². The highest BCUT2D eigenvalue weighted by molar-refractivity contribution is 6.99. The van der Waals surface area contributed by atoms with E-state index >= 15 is 0 Å². The first-order valence-electron chi connectivity index (χ1n) is 15.3. The van der Waals surface area contributed by atoms with Crippen molar-refractivity contribution in [3.63, 3.8) is 0 Å². The van der Waals surface area contributed by atoms with E-state index in [2.05, 4.69) is 184 Å². The molecule has 0 saturated heterocycles. The third-order valence-electron chi connectivity index (χ3n) is 9.61. The lowest BCUT2D eigenvalue weighted by Gasteiger charge is -2.41. The Balaban J connectivity index is 1.43. The molecule has 0 saturated carbocycles. The molecular formula is C39H31BN4. The Kier molecular flexibility index (Phi) is 5.30. The molecule has 44 heavy (non-hydrogen) atoms. The Bertz CT molecular complexity index is 2150. The summed E-state index contributed by atoms with van der Waals surface area (Å²) in [6, 6.07) is 48.0. The van der Waals surface area contributed by atoms with Gasteiger partial charge in [0, 0.05) is 41.1 Å². The summed E-state index contributed by atoms with van der Waals surface area (Å²) < 4.78 is 7.10. The maximum atomic E-state index is 2.50. The molecule has 5 heterocycles. The molecule has 9 rings (SSSR count). The van der Waals surface area contributed by atoms with Gasteiger partial charge < -0.3 is 13.7 Å². The zero-order valence-corrected chi connectivity index (χ0v) is 24.8. The number of fused-ring (bicyclic) bond motifs is 4. The van der Waals surface area contributed by atoms with Gasteiger partial charge >= 0.3 is 0 Å². The second-order valence-corrected chi connectivity index (χ2v) is 12.3. The number of rotatable bonds is 4. The first-order valence-corrected chi connectivity index (χ1v) is 15.3. The van der Waals surface area contributed by atoms with Crippen LogP contribution in [0.1, 0.15) is 25.0 Å². The number of hydrogen-bond acceptors (Lipinski definition) is 1. The Morgan fingerprint density at radius 2 is 1.07 bits per heavy atom. The fourth-order valence-corrected chi connectivity index (χ4v) is 7.62. The largest absolute Gasteiger partial charge is 0.303 e. The van der Waals surface area contributed by atoms with Crippen LogP contribution in [0.3, 0.4) is 0 Å². The summed E-state index contributed by atoms with van der Waals surface area (Å²) in [5.41, 5.74) is 10.1. The fraction of sp³-hybridized carbons (Fsp3) is 0.0769. The molecule has 7 aromatic rings. The number of hydrogen-bond donors (Lipinski definition) is 0. The molecule has 0 unspecified atom stereocenters. The van der Waals surface area contributed by atoms with E-state index in [-0.39, 0.29) is 12.1 Å². The summed E-state index contributed by atoms with van der Waals surface area (Å²) in [5, 5.41) is 0. The van der Waals surface area contributed by atoms with E-state index in [1.165, 1.54) is 39.2 Å². The van der Waals surface area contributed by atoms with Gasteiger partial charge in [0.1, 0.15) is 17.5 Å². The van der Waals surface area contributed by atoms with Crippen molar-refractivity contribution in [3.05, 3.63) is 163 Å². The Labute approximate surface area is 258 Å². The molecule has 0 amide bonds. The van der Waals surface area contributed by atoms with Crippen LogP contribution in [0.4, 0.5) is 17.5 Å².